The normalized spacial score (nSPS) is 9.02. The molecule has 0 bridgehead atoms. The number of carbonyl (C=O) groups excluding carboxylic acids is 3. The number of aryl methyl sites for hydroxylation is 9. The number of nitrogens with one attached hydrogen (secondary N) is 5. The molecule has 104 heavy (non-hydrogen) atoms. The van der Waals surface area contributed by atoms with Gasteiger partial charge in [-0.15, -0.1) is 47.2 Å². The smallest absolute Gasteiger partial charge is 1.00 e. The van der Waals surface area contributed by atoms with Crippen molar-refractivity contribution < 1.29 is 179 Å². The van der Waals surface area contributed by atoms with Gasteiger partial charge in [0, 0.05) is 158 Å². The molecule has 0 saturated carbocycles. The van der Waals surface area contributed by atoms with Crippen molar-refractivity contribution in [3.63, 3.8) is 0 Å². The van der Waals surface area contributed by atoms with Crippen LogP contribution in [0.25, 0.3) is 0 Å². The van der Waals surface area contributed by atoms with Crippen LogP contribution in [0.3, 0.4) is 0 Å². The largest absolute Gasteiger partial charge is 1.00 e. The van der Waals surface area contributed by atoms with Gasteiger partial charge in [-0.05, 0) is 109 Å². The third-order valence-electron chi connectivity index (χ3n) is 12.3. The summed E-state index contributed by atoms with van der Waals surface area (Å²) in [5.74, 6) is 1.94. The van der Waals surface area contributed by atoms with Gasteiger partial charge in [0.05, 0.1) is 78.6 Å². The predicted octanol–water partition coefficient (Wildman–Crippen LogP) is 0.770. The standard InChI is InChI=1S/2C12H16N4OS.C7H11ClN2.C7H12N2O.C7H10N2O.C5H6N2OS.C5H6N2O.CH2Cl2.CH2O3.2CH4O.CH4.B.Cl2OS.ClH.2K.Na.2H/c2*1-4-16-7-13-10(9(16)3)6-18-12-14-8(2)5-11(17)15-12;1-3-10-5-9-7(4-8)6(10)2;2*1-3-9-5-8-7(4-10)6(9)2;1-3-2-4(8)7-5(9)6-3;1-4-5(2-8)7-3-6-4;2-1-3;2-1-4-3;2*1-2;;;1-4(2)3;;;;;;/h2*5,7H,4,6H2,1-3H3,(H,14,15,17);5H,3-4H2,1-2H3;5,10H,3-4H2,1-2H3;4-5H,3H2,1-2H3;2H,1H3,(H2,6,7,8,9);2-3H,1H3,(H,6,7);1H2;1,3H;2*2H,1H3;1H4;;;1H;;;;;/q;;;;;;;;;;;;;;;3*+1;2*-1/p-1. The molecular weight excluding hydrogens is 1620 g/mol. The van der Waals surface area contributed by atoms with Crippen LogP contribution < -0.4 is 154 Å². The van der Waals surface area contributed by atoms with E-state index in [1.54, 1.807) is 26.5 Å². The van der Waals surface area contributed by atoms with Crippen LogP contribution >= 0.6 is 104 Å². The second-order valence-corrected chi connectivity index (χ2v) is 24.3. The van der Waals surface area contributed by atoms with Crippen molar-refractivity contribution in [1.29, 1.82) is 0 Å². The molecule has 0 spiro atoms. The maximum Gasteiger partial charge on any atom is 1.00 e. The number of aromatic nitrogens is 18. The number of imidazole rings is 6. The molecule has 3 radical (unpaired) electrons. The number of thioether (sulfide) groups is 2. The van der Waals surface area contributed by atoms with E-state index in [9.17, 15) is 24.0 Å². The molecule has 0 amide bonds. The Labute approximate surface area is 765 Å². The first-order chi connectivity index (χ1) is 46.7. The van der Waals surface area contributed by atoms with E-state index in [1.807, 2.05) is 69.7 Å². The number of alkyl halides is 3. The zero-order chi connectivity index (χ0) is 75.5. The first kappa shape index (κ1) is 120. The zero-order valence-electron chi connectivity index (χ0n) is 63.3. The van der Waals surface area contributed by atoms with Crippen LogP contribution in [0.5, 0.6) is 0 Å². The SMILES string of the molecule is C.CCn1cnc(C=O)c1C.CCn1cnc(CCl)c1C.CCn1cnc(CO)c1C.CCn1cnc(CSc2nc(C)cc(=O)[nH]2)c1C.CCn1cnc(CSc2nc(C)cc(=O)[nH]2)c1C.CO.CO.Cc1[nH]cnc1C=O.Cc1cc(=O)[nH]c(=S)[nH]1.Cl.ClCCl.O=CO[O-].O=S(Cl)Cl.[B].[H-].[H-].[K+].[K+].[Na+]. The van der Waals surface area contributed by atoms with Crippen molar-refractivity contribution in [2.24, 2.45) is 0 Å². The first-order valence-electron chi connectivity index (χ1n) is 29.0. The molecule has 30 nitrogen and oxygen atoms in total. The van der Waals surface area contributed by atoms with E-state index in [-0.39, 0.29) is 199 Å². The quantitative estimate of drug-likeness (QED) is 0.00762. The third-order valence-corrected chi connectivity index (χ3v) is 14.6. The van der Waals surface area contributed by atoms with E-state index in [0.717, 1.165) is 116 Å². The average Bonchev–Trinajstić information content (AvgIpc) is 1.83. The second kappa shape index (κ2) is 73.5. The second-order valence-electron chi connectivity index (χ2n) is 18.4. The van der Waals surface area contributed by atoms with Crippen LogP contribution in [0, 0.1) is 67.1 Å². The Morgan fingerprint density at radius 3 is 1.12 bits per heavy atom. The molecular formula is C60H95BCl6K2N18NaO12S4. The minimum atomic E-state index is -1.67. The summed E-state index contributed by atoms with van der Waals surface area (Å²) in [7, 11) is 9.36. The van der Waals surface area contributed by atoms with Crippen LogP contribution in [0.15, 0.2) is 80.9 Å². The molecule has 9 aromatic heterocycles. The summed E-state index contributed by atoms with van der Waals surface area (Å²) in [6.45, 7) is 32.0. The van der Waals surface area contributed by atoms with Crippen molar-refractivity contribution in [2.75, 3.05) is 19.6 Å². The average molecular weight is 1710 g/mol. The van der Waals surface area contributed by atoms with Crippen molar-refractivity contribution >= 4 is 141 Å². The molecule has 44 heteroatoms. The Morgan fingerprint density at radius 1 is 0.577 bits per heavy atom. The molecule has 0 aliphatic heterocycles. The van der Waals surface area contributed by atoms with Crippen LogP contribution in [-0.2, 0) is 75.6 Å². The monoisotopic (exact) mass is 1710 g/mol. The molecule has 0 aromatic carbocycles. The fourth-order valence-corrected chi connectivity index (χ4v) is 9.67. The molecule has 0 aliphatic carbocycles. The van der Waals surface area contributed by atoms with Gasteiger partial charge in [-0.2, -0.15) is 0 Å². The van der Waals surface area contributed by atoms with E-state index >= 15 is 0 Å². The maximum absolute atomic E-state index is 11.3. The fourth-order valence-electron chi connectivity index (χ4n) is 7.27. The number of aromatic amines is 5. The molecule has 569 valence electrons. The fraction of sp³-hybridized carbons (Fsp3) is 0.450. The topological polar surface area (TPSA) is 419 Å². The summed E-state index contributed by atoms with van der Waals surface area (Å²) >= 11 is 22.8. The van der Waals surface area contributed by atoms with Gasteiger partial charge in [0.25, 0.3) is 23.2 Å². The van der Waals surface area contributed by atoms with Crippen LogP contribution in [-0.4, -0.2) is 154 Å². The summed E-state index contributed by atoms with van der Waals surface area (Å²) in [5.41, 5.74) is 13.1. The first-order valence-corrected chi connectivity index (χ1v) is 35.8. The number of aliphatic hydroxyl groups excluding tert-OH is 3. The minimum Gasteiger partial charge on any atom is -1.00 e. The Balaban J connectivity index is -0.000000107. The number of aliphatic hydroxyl groups is 3. The number of rotatable bonds is 16. The Hall–Kier alpha value is -2.30. The van der Waals surface area contributed by atoms with Crippen LogP contribution in [0.1, 0.15) is 140 Å². The van der Waals surface area contributed by atoms with E-state index in [1.165, 1.54) is 65.1 Å². The molecule has 8 N–H and O–H groups in total. The van der Waals surface area contributed by atoms with E-state index < -0.39 is 9.23 Å². The maximum atomic E-state index is 11.3. The molecule has 9 aromatic rings. The summed E-state index contributed by atoms with van der Waals surface area (Å²) in [4.78, 5) is 111. The molecule has 9 heterocycles. The van der Waals surface area contributed by atoms with Gasteiger partial charge in [-0.1, -0.05) is 31.0 Å². The van der Waals surface area contributed by atoms with E-state index in [0.29, 0.717) is 43.9 Å². The number of halogens is 6. The number of aldehydes is 2. The van der Waals surface area contributed by atoms with E-state index in [4.69, 9.17) is 64.4 Å². The van der Waals surface area contributed by atoms with Gasteiger partial charge in [-0.25, -0.2) is 44.1 Å². The van der Waals surface area contributed by atoms with Gasteiger partial charge in [-0.3, -0.25) is 33.8 Å². The van der Waals surface area contributed by atoms with Crippen molar-refractivity contribution in [2.45, 2.75) is 171 Å². The molecule has 0 unspecified atom stereocenters. The van der Waals surface area contributed by atoms with Gasteiger partial charge in [0.2, 0.25) is 9.23 Å². The number of H-pyrrole nitrogens is 5. The number of hydrogen-bond acceptors (Lipinski definition) is 23. The van der Waals surface area contributed by atoms with Gasteiger partial charge in [0.1, 0.15) is 11.4 Å². The summed E-state index contributed by atoms with van der Waals surface area (Å²) in [6, 6.07) is 4.43. The van der Waals surface area contributed by atoms with Gasteiger partial charge < -0.3 is 71.1 Å². The molecule has 0 saturated heterocycles. The molecule has 9 rings (SSSR count). The Morgan fingerprint density at radius 2 is 0.894 bits per heavy atom. The van der Waals surface area contributed by atoms with E-state index in [2.05, 4.69) is 159 Å². The summed E-state index contributed by atoms with van der Waals surface area (Å²) in [5, 5.41) is 32.7. The van der Waals surface area contributed by atoms with Gasteiger partial charge >= 0.3 is 132 Å². The zero-order valence-corrected chi connectivity index (χ0v) is 77.4. The molecule has 0 atom stereocenters. The van der Waals surface area contributed by atoms with Crippen molar-refractivity contribution in [1.82, 2.24) is 87.6 Å². The number of carbonyl (C=O) groups is 3. The van der Waals surface area contributed by atoms with Crippen molar-refractivity contribution in [3.05, 3.63) is 177 Å². The van der Waals surface area contributed by atoms with Crippen molar-refractivity contribution in [3.8, 4) is 0 Å². The molecule has 0 fully saturated rings. The van der Waals surface area contributed by atoms with Gasteiger partial charge in [0.15, 0.2) is 27.7 Å². The van der Waals surface area contributed by atoms with Crippen LogP contribution in [0.4, 0.5) is 0 Å². The number of nitrogens with zero attached hydrogens (tertiary/aromatic N) is 13. The predicted molar refractivity (Wildman–Crippen MR) is 410 cm³/mol. The summed E-state index contributed by atoms with van der Waals surface area (Å²) < 4.78 is 19.7. The minimum absolute atomic E-state index is 0. The molecule has 0 aliphatic rings. The Kier molecular flexibility index (Phi) is 84.8. The third kappa shape index (κ3) is 51.2. The summed E-state index contributed by atoms with van der Waals surface area (Å²) in [6.07, 6.45) is 12.0. The number of hydrogen-bond donors (Lipinski definition) is 8. The Bertz CT molecular complexity index is 3740. The van der Waals surface area contributed by atoms with Crippen LogP contribution in [0.2, 0.25) is 0 Å².